The van der Waals surface area contributed by atoms with Crippen molar-refractivity contribution >= 4 is 27.5 Å². The molecule has 0 bridgehead atoms. The molecule has 2 aromatic rings. The summed E-state index contributed by atoms with van der Waals surface area (Å²) in [6.07, 6.45) is 1.24. The molecule has 174 valence electrons. The fraction of sp³-hybridized carbons (Fsp3) is 0.391. The highest BCUT2D eigenvalue weighted by molar-refractivity contribution is 7.92. The van der Waals surface area contributed by atoms with Crippen LogP contribution in [0.15, 0.2) is 54.6 Å². The number of nitrogens with zero attached hydrogens (tertiary/aromatic N) is 2. The molecule has 0 aliphatic rings. The first-order chi connectivity index (χ1) is 15.0. The van der Waals surface area contributed by atoms with Gasteiger partial charge in [0.2, 0.25) is 21.8 Å². The van der Waals surface area contributed by atoms with Gasteiger partial charge in [0.15, 0.2) is 0 Å². The molecule has 0 aliphatic heterocycles. The Morgan fingerprint density at radius 1 is 1.03 bits per heavy atom. The van der Waals surface area contributed by atoms with Crippen LogP contribution in [-0.4, -0.2) is 50.0 Å². The molecule has 0 aromatic heterocycles. The number of benzene rings is 2. The molecular formula is C23H30FN3O4S. The van der Waals surface area contributed by atoms with Crippen LogP contribution in [0.3, 0.4) is 0 Å². The van der Waals surface area contributed by atoms with E-state index in [0.29, 0.717) is 6.42 Å². The minimum atomic E-state index is -3.97. The number of carbonyl (C=O) groups excluding carboxylic acids is 2. The smallest absolute Gasteiger partial charge is 0.244 e. The number of sulfonamides is 1. The van der Waals surface area contributed by atoms with Gasteiger partial charge in [0.05, 0.1) is 11.9 Å². The molecule has 1 N–H and O–H groups in total. The quantitative estimate of drug-likeness (QED) is 0.587. The monoisotopic (exact) mass is 463 g/mol. The Balaban J connectivity index is 2.43. The van der Waals surface area contributed by atoms with Gasteiger partial charge in [0, 0.05) is 12.6 Å². The van der Waals surface area contributed by atoms with E-state index in [9.17, 15) is 22.4 Å². The summed E-state index contributed by atoms with van der Waals surface area (Å²) in [5.74, 6) is -1.69. The second-order valence-corrected chi connectivity index (χ2v) is 9.72. The van der Waals surface area contributed by atoms with E-state index in [1.807, 2.05) is 44.2 Å². The fourth-order valence-electron chi connectivity index (χ4n) is 3.33. The van der Waals surface area contributed by atoms with Crippen LogP contribution in [0.2, 0.25) is 0 Å². The molecule has 0 radical (unpaired) electrons. The van der Waals surface area contributed by atoms with Crippen molar-refractivity contribution in [1.82, 2.24) is 10.2 Å². The van der Waals surface area contributed by atoms with Crippen LogP contribution in [0.5, 0.6) is 0 Å². The molecule has 0 aliphatic carbocycles. The van der Waals surface area contributed by atoms with E-state index in [4.69, 9.17) is 0 Å². The molecule has 0 heterocycles. The van der Waals surface area contributed by atoms with Crippen LogP contribution in [-0.2, 0) is 26.2 Å². The Morgan fingerprint density at radius 2 is 1.62 bits per heavy atom. The minimum Gasteiger partial charge on any atom is -0.352 e. The Bertz CT molecular complexity index is 1030. The first-order valence-corrected chi connectivity index (χ1v) is 12.3. The van der Waals surface area contributed by atoms with Gasteiger partial charge in [-0.2, -0.15) is 0 Å². The summed E-state index contributed by atoms with van der Waals surface area (Å²) in [4.78, 5) is 27.6. The van der Waals surface area contributed by atoms with Crippen molar-refractivity contribution in [2.75, 3.05) is 17.1 Å². The third-order valence-corrected chi connectivity index (χ3v) is 5.94. The normalized spacial score (nSPS) is 12.3. The molecule has 32 heavy (non-hydrogen) atoms. The maximum Gasteiger partial charge on any atom is 0.244 e. The number of carbonyl (C=O) groups is 2. The van der Waals surface area contributed by atoms with Gasteiger partial charge in [-0.15, -0.1) is 0 Å². The maximum atomic E-state index is 14.4. The lowest BCUT2D eigenvalue weighted by molar-refractivity contribution is -0.140. The largest absolute Gasteiger partial charge is 0.352 e. The molecule has 9 heteroatoms. The number of rotatable bonds is 10. The number of amides is 2. The van der Waals surface area contributed by atoms with Crippen LogP contribution in [0, 0.1) is 5.82 Å². The molecule has 0 fully saturated rings. The number of hydrogen-bond donors (Lipinski definition) is 1. The topological polar surface area (TPSA) is 86.8 Å². The van der Waals surface area contributed by atoms with Crippen LogP contribution < -0.4 is 9.62 Å². The predicted octanol–water partition coefficient (Wildman–Crippen LogP) is 2.92. The van der Waals surface area contributed by atoms with Crippen molar-refractivity contribution in [3.63, 3.8) is 0 Å². The Labute approximate surface area is 189 Å². The van der Waals surface area contributed by atoms with E-state index >= 15 is 0 Å². The van der Waals surface area contributed by atoms with Crippen molar-refractivity contribution in [2.45, 2.75) is 45.8 Å². The molecule has 0 spiro atoms. The minimum absolute atomic E-state index is 0.110. The van der Waals surface area contributed by atoms with Gasteiger partial charge in [0.1, 0.15) is 18.4 Å². The summed E-state index contributed by atoms with van der Waals surface area (Å²) >= 11 is 0. The SMILES string of the molecule is CC[C@@H](C(=O)NC(C)C)N(Cc1ccccc1)C(=O)CN(c1ccccc1F)S(C)(=O)=O. The molecular weight excluding hydrogens is 433 g/mol. The Morgan fingerprint density at radius 3 is 2.16 bits per heavy atom. The lowest BCUT2D eigenvalue weighted by Gasteiger charge is -2.33. The lowest BCUT2D eigenvalue weighted by atomic mass is 10.1. The van der Waals surface area contributed by atoms with Crippen molar-refractivity contribution in [3.8, 4) is 0 Å². The Kier molecular flexibility index (Phi) is 8.77. The number of halogens is 1. The Hall–Kier alpha value is -2.94. The van der Waals surface area contributed by atoms with Gasteiger partial charge in [-0.3, -0.25) is 13.9 Å². The number of nitrogens with one attached hydrogen (secondary N) is 1. The van der Waals surface area contributed by atoms with Gasteiger partial charge in [-0.1, -0.05) is 49.4 Å². The molecule has 2 amide bonds. The summed E-state index contributed by atoms with van der Waals surface area (Å²) in [6.45, 7) is 4.90. The second kappa shape index (κ2) is 11.1. The molecule has 2 aromatic carbocycles. The molecule has 2 rings (SSSR count). The second-order valence-electron chi connectivity index (χ2n) is 7.82. The zero-order valence-corrected chi connectivity index (χ0v) is 19.6. The van der Waals surface area contributed by atoms with Crippen LogP contribution in [0.1, 0.15) is 32.8 Å². The van der Waals surface area contributed by atoms with E-state index in [1.165, 1.54) is 23.1 Å². The third-order valence-electron chi connectivity index (χ3n) is 4.81. The number of anilines is 1. The van der Waals surface area contributed by atoms with Gasteiger partial charge < -0.3 is 10.2 Å². The first kappa shape index (κ1) is 25.3. The highest BCUT2D eigenvalue weighted by atomic mass is 32.2. The van der Waals surface area contributed by atoms with Gasteiger partial charge >= 0.3 is 0 Å². The van der Waals surface area contributed by atoms with Crippen molar-refractivity contribution in [2.24, 2.45) is 0 Å². The van der Waals surface area contributed by atoms with Crippen molar-refractivity contribution in [1.29, 1.82) is 0 Å². The standard InChI is InChI=1S/C23H30FN3O4S/c1-5-20(23(29)25-17(2)3)26(15-18-11-7-6-8-12-18)22(28)16-27(32(4,30)31)21-14-10-9-13-19(21)24/h6-14,17,20H,5,15-16H2,1-4H3,(H,25,29)/t20-/m0/s1. The van der Waals surface area contributed by atoms with Crippen molar-refractivity contribution < 1.29 is 22.4 Å². The zero-order valence-electron chi connectivity index (χ0n) is 18.8. The summed E-state index contributed by atoms with van der Waals surface area (Å²) < 4.78 is 40.0. The van der Waals surface area contributed by atoms with E-state index < -0.39 is 34.3 Å². The fourth-order valence-corrected chi connectivity index (χ4v) is 4.18. The van der Waals surface area contributed by atoms with E-state index in [-0.39, 0.29) is 24.2 Å². The van der Waals surface area contributed by atoms with Gasteiger partial charge in [-0.25, -0.2) is 12.8 Å². The molecule has 0 saturated carbocycles. The van der Waals surface area contributed by atoms with Gasteiger partial charge in [-0.05, 0) is 38.0 Å². The van der Waals surface area contributed by atoms with E-state index in [1.54, 1.807) is 6.92 Å². The average Bonchev–Trinajstić information content (AvgIpc) is 2.71. The predicted molar refractivity (Wildman–Crippen MR) is 123 cm³/mol. The molecule has 0 unspecified atom stereocenters. The lowest BCUT2D eigenvalue weighted by Crippen LogP contribution is -2.53. The van der Waals surface area contributed by atoms with Crippen LogP contribution in [0.25, 0.3) is 0 Å². The average molecular weight is 464 g/mol. The molecule has 7 nitrogen and oxygen atoms in total. The molecule has 0 saturated heterocycles. The number of hydrogen-bond acceptors (Lipinski definition) is 4. The maximum absolute atomic E-state index is 14.4. The summed E-state index contributed by atoms with van der Waals surface area (Å²) in [6, 6.07) is 13.5. The summed E-state index contributed by atoms with van der Waals surface area (Å²) in [7, 11) is -3.97. The summed E-state index contributed by atoms with van der Waals surface area (Å²) in [5.41, 5.74) is 0.566. The highest BCUT2D eigenvalue weighted by Gasteiger charge is 2.32. The zero-order chi connectivity index (χ0) is 23.9. The van der Waals surface area contributed by atoms with E-state index in [0.717, 1.165) is 22.2 Å². The van der Waals surface area contributed by atoms with Crippen LogP contribution in [0.4, 0.5) is 10.1 Å². The van der Waals surface area contributed by atoms with Crippen LogP contribution >= 0.6 is 0 Å². The molecule has 1 atom stereocenters. The van der Waals surface area contributed by atoms with Crippen molar-refractivity contribution in [3.05, 3.63) is 66.0 Å². The number of para-hydroxylation sites is 1. The first-order valence-electron chi connectivity index (χ1n) is 10.4. The van der Waals surface area contributed by atoms with E-state index in [2.05, 4.69) is 5.32 Å². The summed E-state index contributed by atoms with van der Waals surface area (Å²) in [5, 5.41) is 2.81. The third kappa shape index (κ3) is 6.78. The highest BCUT2D eigenvalue weighted by Crippen LogP contribution is 2.22. The van der Waals surface area contributed by atoms with Gasteiger partial charge in [0.25, 0.3) is 0 Å².